The second-order valence-electron chi connectivity index (χ2n) is 6.61. The topological polar surface area (TPSA) is 49.4 Å². The maximum atomic E-state index is 12.5. The number of benzene rings is 2. The standard InChI is InChI=1S/C20H20N2O2S/c1-13-6-10-15(11-7-13)22-18(23)12-25-20(22)16-4-2-3-5-17(16)21-19(24)14-8-9-14/h2-7,10-11,14,20H,8-9,12H2,1H3,(H,21,24)/t20-/m0/s1. The van der Waals surface area contributed by atoms with Crippen molar-refractivity contribution < 1.29 is 9.59 Å². The van der Waals surface area contributed by atoms with E-state index in [1.807, 2.05) is 60.4 Å². The van der Waals surface area contributed by atoms with Gasteiger partial charge < -0.3 is 5.32 Å². The van der Waals surface area contributed by atoms with Crippen LogP contribution in [0.25, 0.3) is 0 Å². The monoisotopic (exact) mass is 352 g/mol. The predicted molar refractivity (Wildman–Crippen MR) is 102 cm³/mol. The summed E-state index contributed by atoms with van der Waals surface area (Å²) >= 11 is 1.60. The zero-order valence-electron chi connectivity index (χ0n) is 14.1. The average Bonchev–Trinajstić information content (AvgIpc) is 3.40. The number of anilines is 2. The lowest BCUT2D eigenvalue weighted by atomic mass is 10.1. The first-order valence-electron chi connectivity index (χ1n) is 8.53. The minimum atomic E-state index is -0.120. The van der Waals surface area contributed by atoms with Gasteiger partial charge in [-0.05, 0) is 38.0 Å². The molecule has 1 saturated heterocycles. The smallest absolute Gasteiger partial charge is 0.238 e. The normalized spacial score (nSPS) is 20.0. The van der Waals surface area contributed by atoms with Crippen molar-refractivity contribution in [1.29, 1.82) is 0 Å². The largest absolute Gasteiger partial charge is 0.325 e. The summed E-state index contributed by atoms with van der Waals surface area (Å²) < 4.78 is 0. The molecule has 0 aromatic heterocycles. The third-order valence-corrected chi connectivity index (χ3v) is 5.81. The molecule has 2 fully saturated rings. The highest BCUT2D eigenvalue weighted by molar-refractivity contribution is 8.00. The van der Waals surface area contributed by atoms with Crippen LogP contribution in [-0.4, -0.2) is 17.6 Å². The fraction of sp³-hybridized carbons (Fsp3) is 0.300. The summed E-state index contributed by atoms with van der Waals surface area (Å²) in [6.07, 6.45) is 1.94. The van der Waals surface area contributed by atoms with Crippen molar-refractivity contribution in [2.45, 2.75) is 25.1 Å². The molecule has 4 nitrogen and oxygen atoms in total. The van der Waals surface area contributed by atoms with E-state index < -0.39 is 0 Å². The van der Waals surface area contributed by atoms with E-state index in [0.717, 1.165) is 35.3 Å². The van der Waals surface area contributed by atoms with Gasteiger partial charge in [0.2, 0.25) is 11.8 Å². The number of thioether (sulfide) groups is 1. The highest BCUT2D eigenvalue weighted by Crippen LogP contribution is 2.44. The molecule has 0 spiro atoms. The first-order chi connectivity index (χ1) is 12.1. The summed E-state index contributed by atoms with van der Waals surface area (Å²) in [5, 5.41) is 2.94. The maximum Gasteiger partial charge on any atom is 0.238 e. The van der Waals surface area contributed by atoms with E-state index in [1.54, 1.807) is 11.8 Å². The molecule has 1 N–H and O–H groups in total. The van der Waals surface area contributed by atoms with Gasteiger partial charge in [-0.3, -0.25) is 14.5 Å². The van der Waals surface area contributed by atoms with E-state index in [1.165, 1.54) is 0 Å². The van der Waals surface area contributed by atoms with Crippen molar-refractivity contribution in [1.82, 2.24) is 0 Å². The van der Waals surface area contributed by atoms with Crippen LogP contribution in [0, 0.1) is 12.8 Å². The summed E-state index contributed by atoms with van der Waals surface area (Å²) in [7, 11) is 0. The van der Waals surface area contributed by atoms with Crippen LogP contribution < -0.4 is 10.2 Å². The van der Waals surface area contributed by atoms with E-state index in [4.69, 9.17) is 0 Å². The van der Waals surface area contributed by atoms with Gasteiger partial charge in [-0.1, -0.05) is 35.9 Å². The van der Waals surface area contributed by atoms with Crippen molar-refractivity contribution in [3.63, 3.8) is 0 Å². The Hall–Kier alpha value is -2.27. The molecule has 128 valence electrons. The van der Waals surface area contributed by atoms with Crippen LogP contribution in [0.15, 0.2) is 48.5 Å². The Kier molecular flexibility index (Phi) is 4.25. The number of nitrogens with zero attached hydrogens (tertiary/aromatic N) is 1. The molecular weight excluding hydrogens is 332 g/mol. The summed E-state index contributed by atoms with van der Waals surface area (Å²) in [5.74, 6) is 0.786. The summed E-state index contributed by atoms with van der Waals surface area (Å²) in [5.41, 5.74) is 3.85. The minimum absolute atomic E-state index is 0.0867. The van der Waals surface area contributed by atoms with Crippen molar-refractivity contribution in [2.24, 2.45) is 5.92 Å². The number of rotatable bonds is 4. The second-order valence-corrected chi connectivity index (χ2v) is 7.68. The first kappa shape index (κ1) is 16.2. The molecule has 1 aliphatic heterocycles. The Morgan fingerprint density at radius 3 is 2.56 bits per heavy atom. The molecule has 2 aromatic rings. The molecule has 1 heterocycles. The zero-order valence-corrected chi connectivity index (χ0v) is 14.9. The minimum Gasteiger partial charge on any atom is -0.325 e. The molecule has 4 rings (SSSR count). The van der Waals surface area contributed by atoms with E-state index in [9.17, 15) is 9.59 Å². The van der Waals surface area contributed by atoms with Crippen molar-refractivity contribution >= 4 is 35.0 Å². The fourth-order valence-corrected chi connectivity index (χ4v) is 4.26. The third kappa shape index (κ3) is 3.29. The fourth-order valence-electron chi connectivity index (χ4n) is 3.05. The number of carbonyl (C=O) groups is 2. The number of carbonyl (C=O) groups excluding carboxylic acids is 2. The van der Waals surface area contributed by atoms with Crippen molar-refractivity contribution in [3.8, 4) is 0 Å². The molecule has 0 radical (unpaired) electrons. The van der Waals surface area contributed by atoms with Gasteiger partial charge in [-0.25, -0.2) is 0 Å². The highest BCUT2D eigenvalue weighted by atomic mass is 32.2. The lowest BCUT2D eigenvalue weighted by molar-refractivity contribution is -0.117. The number of aryl methyl sites for hydroxylation is 1. The number of nitrogens with one attached hydrogen (secondary N) is 1. The van der Waals surface area contributed by atoms with Gasteiger partial charge >= 0.3 is 0 Å². The van der Waals surface area contributed by atoms with Crippen LogP contribution in [-0.2, 0) is 9.59 Å². The molecule has 2 aliphatic rings. The van der Waals surface area contributed by atoms with Crippen LogP contribution in [0.4, 0.5) is 11.4 Å². The number of amides is 2. The first-order valence-corrected chi connectivity index (χ1v) is 9.58. The van der Waals surface area contributed by atoms with Crippen molar-refractivity contribution in [2.75, 3.05) is 16.0 Å². The van der Waals surface area contributed by atoms with Crippen LogP contribution in [0.5, 0.6) is 0 Å². The lowest BCUT2D eigenvalue weighted by Gasteiger charge is -2.26. The molecule has 25 heavy (non-hydrogen) atoms. The van der Waals surface area contributed by atoms with Crippen LogP contribution >= 0.6 is 11.8 Å². The van der Waals surface area contributed by atoms with Crippen LogP contribution in [0.2, 0.25) is 0 Å². The summed E-state index contributed by atoms with van der Waals surface area (Å²) in [4.78, 5) is 26.5. The summed E-state index contributed by atoms with van der Waals surface area (Å²) in [6.45, 7) is 2.03. The molecule has 0 bridgehead atoms. The number of hydrogen-bond acceptors (Lipinski definition) is 3. The Bertz CT molecular complexity index is 815. The second kappa shape index (κ2) is 6.56. The molecule has 1 atom stereocenters. The van der Waals surface area contributed by atoms with Gasteiger partial charge in [0.15, 0.2) is 0 Å². The zero-order chi connectivity index (χ0) is 17.4. The van der Waals surface area contributed by atoms with E-state index >= 15 is 0 Å². The summed E-state index contributed by atoms with van der Waals surface area (Å²) in [6, 6.07) is 15.8. The predicted octanol–water partition coefficient (Wildman–Crippen LogP) is 4.12. The van der Waals surface area contributed by atoms with E-state index in [2.05, 4.69) is 5.32 Å². The van der Waals surface area contributed by atoms with E-state index in [-0.39, 0.29) is 23.1 Å². The average molecular weight is 352 g/mol. The molecule has 1 aliphatic carbocycles. The van der Waals surface area contributed by atoms with Crippen molar-refractivity contribution in [3.05, 3.63) is 59.7 Å². The molecular formula is C20H20N2O2S. The number of para-hydroxylation sites is 1. The Morgan fingerprint density at radius 1 is 1.12 bits per heavy atom. The highest BCUT2D eigenvalue weighted by Gasteiger charge is 2.36. The van der Waals surface area contributed by atoms with Gasteiger partial charge in [0.05, 0.1) is 5.75 Å². The Labute approximate surface area is 151 Å². The molecule has 2 aromatic carbocycles. The third-order valence-electron chi connectivity index (χ3n) is 4.61. The lowest BCUT2D eigenvalue weighted by Crippen LogP contribution is -2.28. The molecule has 0 unspecified atom stereocenters. The quantitative estimate of drug-likeness (QED) is 0.900. The van der Waals surface area contributed by atoms with Gasteiger partial charge in [0.1, 0.15) is 5.37 Å². The Balaban J connectivity index is 1.66. The van der Waals surface area contributed by atoms with Gasteiger partial charge in [0, 0.05) is 22.9 Å². The Morgan fingerprint density at radius 2 is 1.84 bits per heavy atom. The van der Waals surface area contributed by atoms with Gasteiger partial charge in [0.25, 0.3) is 0 Å². The van der Waals surface area contributed by atoms with Gasteiger partial charge in [-0.2, -0.15) is 0 Å². The van der Waals surface area contributed by atoms with Crippen LogP contribution in [0.3, 0.4) is 0 Å². The molecule has 5 heteroatoms. The van der Waals surface area contributed by atoms with E-state index in [0.29, 0.717) is 5.75 Å². The molecule has 1 saturated carbocycles. The SMILES string of the molecule is Cc1ccc(N2C(=O)CS[C@H]2c2ccccc2NC(=O)C2CC2)cc1. The number of hydrogen-bond donors (Lipinski definition) is 1. The maximum absolute atomic E-state index is 12.5. The van der Waals surface area contributed by atoms with Crippen LogP contribution in [0.1, 0.15) is 29.3 Å². The molecule has 2 amide bonds. The van der Waals surface area contributed by atoms with Gasteiger partial charge in [-0.15, -0.1) is 11.8 Å².